The third-order valence-corrected chi connectivity index (χ3v) is 1.06. The van der Waals surface area contributed by atoms with Crippen LogP contribution in [0.2, 0.25) is 0 Å². The first-order valence-electron chi connectivity index (χ1n) is 3.38. The van der Waals surface area contributed by atoms with Crippen molar-refractivity contribution in [3.05, 3.63) is 5.21 Å². The normalized spacial score (nSPS) is 14.2. The molecule has 0 bridgehead atoms. The molecule has 0 amide bonds. The van der Waals surface area contributed by atoms with Gasteiger partial charge in [-0.25, -0.2) is 0 Å². The van der Waals surface area contributed by atoms with Crippen molar-refractivity contribution in [2.45, 2.75) is 12.5 Å². The van der Waals surface area contributed by atoms with E-state index in [-0.39, 0.29) is 18.1 Å². The van der Waals surface area contributed by atoms with Gasteiger partial charge in [0.25, 0.3) is 0 Å². The largest absolute Gasteiger partial charge is 0.569 e. The van der Waals surface area contributed by atoms with Gasteiger partial charge in [-0.2, -0.15) is 0 Å². The molecule has 6 nitrogen and oxygen atoms in total. The number of likely N-dealkylation sites (N-methyl/N-ethyl adjacent to an activating group) is 1. The summed E-state index contributed by atoms with van der Waals surface area (Å²) < 4.78 is 0. The molecule has 72 valence electrons. The number of aliphatic hydroxyl groups excluding tert-OH is 1. The molecule has 1 unspecified atom stereocenters. The molecular formula is C5H12ClN3O3. The van der Waals surface area contributed by atoms with E-state index in [2.05, 4.69) is 10.1 Å². The van der Waals surface area contributed by atoms with Gasteiger partial charge in [-0.3, -0.25) is 0 Å². The van der Waals surface area contributed by atoms with Gasteiger partial charge in [-0.05, 0) is 6.92 Å². The fourth-order valence-corrected chi connectivity index (χ4v) is 0.434. The van der Waals surface area contributed by atoms with Crippen molar-refractivity contribution >= 4 is 11.6 Å². The Kier molecular flexibility index (Phi) is 5.48. The average molecular weight is 198 g/mol. The summed E-state index contributed by atoms with van der Waals surface area (Å²) in [5.74, 6) is 0. The first-order valence-corrected chi connectivity index (χ1v) is 3.81. The Morgan fingerprint density at radius 3 is 2.83 bits per heavy atom. The lowest BCUT2D eigenvalue weighted by molar-refractivity contribution is -0.706. The number of alkyl halides is 1. The van der Waals surface area contributed by atoms with E-state index in [0.29, 0.717) is 0 Å². The first-order chi connectivity index (χ1) is 5.57. The van der Waals surface area contributed by atoms with E-state index in [9.17, 15) is 5.21 Å². The van der Waals surface area contributed by atoms with Gasteiger partial charge in [-0.1, -0.05) is 11.6 Å². The number of hydrazine groups is 1. The Balaban J connectivity index is 3.81. The predicted octanol–water partition coefficient (Wildman–Crippen LogP) is 0.304. The fourth-order valence-electron chi connectivity index (χ4n) is 0.398. The molecule has 0 radical (unpaired) electrons. The van der Waals surface area contributed by atoms with Gasteiger partial charge in [0.15, 0.2) is 0 Å². The van der Waals surface area contributed by atoms with Gasteiger partial charge in [0, 0.05) is 0 Å². The fraction of sp³-hybridized carbons (Fsp3) is 1.00. The van der Waals surface area contributed by atoms with Crippen LogP contribution in [0.3, 0.4) is 0 Å². The van der Waals surface area contributed by atoms with E-state index in [4.69, 9.17) is 16.7 Å². The smallest absolute Gasteiger partial charge is 0.234 e. The van der Waals surface area contributed by atoms with Gasteiger partial charge in [0.05, 0.1) is 25.2 Å². The number of halogens is 1. The maximum atomic E-state index is 10.8. The molecule has 0 spiro atoms. The number of hydrogen-bond acceptors (Lipinski definition) is 4. The number of hydrogen-bond donors (Lipinski definition) is 1. The summed E-state index contributed by atoms with van der Waals surface area (Å²) in [5, 5.41) is 23.5. The zero-order valence-corrected chi connectivity index (χ0v) is 7.73. The summed E-state index contributed by atoms with van der Waals surface area (Å²) in [6.07, 6.45) is 0. The van der Waals surface area contributed by atoms with Crippen molar-refractivity contribution in [1.82, 2.24) is 5.01 Å². The second kappa shape index (κ2) is 5.84. The number of rotatable bonds is 5. The highest BCUT2D eigenvalue weighted by atomic mass is 35.5. The topological polar surface area (TPSA) is 71.1 Å². The van der Waals surface area contributed by atoms with Crippen LogP contribution < -0.4 is 0 Å². The highest BCUT2D eigenvalue weighted by Gasteiger charge is 2.05. The Bertz CT molecular complexity index is 153. The van der Waals surface area contributed by atoms with Gasteiger partial charge < -0.3 is 15.2 Å². The molecule has 0 saturated heterocycles. The van der Waals surface area contributed by atoms with Crippen molar-refractivity contribution < 1.29 is 14.9 Å². The first kappa shape index (κ1) is 11.2. The minimum absolute atomic E-state index is 0.124. The van der Waals surface area contributed by atoms with E-state index in [1.807, 2.05) is 0 Å². The maximum absolute atomic E-state index is 10.8. The van der Waals surface area contributed by atoms with Crippen LogP contribution in [0, 0.1) is 5.21 Å². The summed E-state index contributed by atoms with van der Waals surface area (Å²) in [4.78, 5) is 4.67. The zero-order chi connectivity index (χ0) is 9.56. The molecule has 0 saturated carbocycles. The van der Waals surface area contributed by atoms with Crippen molar-refractivity contribution in [1.29, 1.82) is 0 Å². The molecule has 1 N–H and O–H groups in total. The average Bonchev–Trinajstić information content (AvgIpc) is 2.00. The summed E-state index contributed by atoms with van der Waals surface area (Å²) in [6, 6.07) is 0. The highest BCUT2D eigenvalue weighted by Crippen LogP contribution is 1.96. The molecule has 0 aliphatic rings. The zero-order valence-electron chi connectivity index (χ0n) is 6.97. The van der Waals surface area contributed by atoms with Crippen molar-refractivity contribution in [2.75, 3.05) is 20.2 Å². The third kappa shape index (κ3) is 4.97. The van der Waals surface area contributed by atoms with Crippen LogP contribution in [-0.4, -0.2) is 40.8 Å². The molecule has 0 aliphatic carbocycles. The van der Waals surface area contributed by atoms with E-state index >= 15 is 0 Å². The van der Waals surface area contributed by atoms with Crippen LogP contribution in [0.1, 0.15) is 6.92 Å². The van der Waals surface area contributed by atoms with Crippen LogP contribution in [-0.2, 0) is 4.84 Å². The molecule has 12 heavy (non-hydrogen) atoms. The quantitative estimate of drug-likeness (QED) is 0.298. The van der Waals surface area contributed by atoms with Crippen molar-refractivity contribution in [3.8, 4) is 0 Å². The monoisotopic (exact) mass is 197 g/mol. The summed E-state index contributed by atoms with van der Waals surface area (Å²) >= 11 is 5.35. The van der Waals surface area contributed by atoms with E-state index in [1.54, 1.807) is 0 Å². The second-order valence-corrected chi connectivity index (χ2v) is 2.70. The Morgan fingerprint density at radius 1 is 1.83 bits per heavy atom. The van der Waals surface area contributed by atoms with Crippen molar-refractivity contribution in [2.24, 2.45) is 5.28 Å². The predicted molar refractivity (Wildman–Crippen MR) is 42.2 cm³/mol. The Hall–Kier alpha value is -0.750. The summed E-state index contributed by atoms with van der Waals surface area (Å²) in [7, 11) is 1.47. The molecule has 1 atom stereocenters. The third-order valence-electron chi connectivity index (χ3n) is 0.978. The molecule has 0 aliphatic heterocycles. The van der Waals surface area contributed by atoms with Crippen LogP contribution in [0.4, 0.5) is 0 Å². The highest BCUT2D eigenvalue weighted by molar-refractivity contribution is 6.19. The van der Waals surface area contributed by atoms with E-state index < -0.39 is 5.56 Å². The van der Waals surface area contributed by atoms with Gasteiger partial charge in [-0.15, -0.1) is 5.01 Å². The number of aliphatic hydroxyl groups is 1. The summed E-state index contributed by atoms with van der Waals surface area (Å²) in [6.45, 7) is 1.60. The summed E-state index contributed by atoms with van der Waals surface area (Å²) in [5.41, 5.74) is -0.649. The molecule has 0 aromatic carbocycles. The van der Waals surface area contributed by atoms with Crippen LogP contribution in [0.5, 0.6) is 0 Å². The lowest BCUT2D eigenvalue weighted by Gasteiger charge is -2.10. The van der Waals surface area contributed by atoms with Crippen LogP contribution in [0.25, 0.3) is 0 Å². The molecular weight excluding hydrogens is 186 g/mol. The standard InChI is InChI=1S/C5H12ClN3O3/c1-5(6)12-7-9(11)8(2)3-4-10/h5,10H,3-4H2,1-2H3/b9-7-. The van der Waals surface area contributed by atoms with Gasteiger partial charge in [0.2, 0.25) is 10.8 Å². The Labute approximate surface area is 75.5 Å². The van der Waals surface area contributed by atoms with Gasteiger partial charge in [0.1, 0.15) is 0 Å². The maximum Gasteiger partial charge on any atom is 0.234 e. The van der Waals surface area contributed by atoms with E-state index in [1.165, 1.54) is 14.0 Å². The minimum Gasteiger partial charge on any atom is -0.569 e. The van der Waals surface area contributed by atoms with Crippen LogP contribution >= 0.6 is 11.6 Å². The molecule has 0 aromatic heterocycles. The number of nitrogens with zero attached hydrogens (tertiary/aromatic N) is 3. The molecule has 7 heteroatoms. The lowest BCUT2D eigenvalue weighted by atomic mass is 10.7. The molecule has 0 heterocycles. The Morgan fingerprint density at radius 2 is 2.42 bits per heavy atom. The van der Waals surface area contributed by atoms with E-state index in [0.717, 1.165) is 5.01 Å². The van der Waals surface area contributed by atoms with Crippen LogP contribution in [0.15, 0.2) is 5.28 Å². The van der Waals surface area contributed by atoms with Crippen molar-refractivity contribution in [3.63, 3.8) is 0 Å². The second-order valence-electron chi connectivity index (χ2n) is 2.09. The molecule has 0 fully saturated rings. The minimum atomic E-state index is -0.649. The lowest BCUT2D eigenvalue weighted by Crippen LogP contribution is -2.29. The SMILES string of the molecule is CC(Cl)O/N=[N+](\[O-])N(C)CCO. The van der Waals surface area contributed by atoms with Gasteiger partial charge >= 0.3 is 0 Å². The molecule has 0 rings (SSSR count). The molecule has 0 aromatic rings.